The van der Waals surface area contributed by atoms with Gasteiger partial charge < -0.3 is 5.11 Å². The lowest BCUT2D eigenvalue weighted by Gasteiger charge is -2.37. The minimum atomic E-state index is -0.320. The van der Waals surface area contributed by atoms with Crippen LogP contribution in [0, 0.1) is 5.41 Å². The van der Waals surface area contributed by atoms with Crippen molar-refractivity contribution in [2.45, 2.75) is 39.7 Å². The SMILES string of the molecule is CCC(O)CN1CC(C)(C)CC(c2ccc(Cl)cc2)=N1. The molecule has 1 aromatic rings. The highest BCUT2D eigenvalue weighted by Gasteiger charge is 2.29. The third-order valence-corrected chi connectivity index (χ3v) is 3.84. The Morgan fingerprint density at radius 1 is 1.35 bits per heavy atom. The first kappa shape index (κ1) is 15.3. The van der Waals surface area contributed by atoms with Crippen molar-refractivity contribution in [1.29, 1.82) is 0 Å². The fourth-order valence-corrected chi connectivity index (χ4v) is 2.65. The molecule has 0 radical (unpaired) electrons. The van der Waals surface area contributed by atoms with Gasteiger partial charge in [0.1, 0.15) is 0 Å². The highest BCUT2D eigenvalue weighted by Crippen LogP contribution is 2.29. The summed E-state index contributed by atoms with van der Waals surface area (Å²) in [6.45, 7) is 7.94. The van der Waals surface area contributed by atoms with Crippen LogP contribution in [0.2, 0.25) is 5.02 Å². The van der Waals surface area contributed by atoms with E-state index in [1.807, 2.05) is 36.2 Å². The molecule has 1 aromatic carbocycles. The summed E-state index contributed by atoms with van der Waals surface area (Å²) in [7, 11) is 0. The predicted molar refractivity (Wildman–Crippen MR) is 84.3 cm³/mol. The number of rotatable bonds is 4. The van der Waals surface area contributed by atoms with Crippen LogP contribution in [0.5, 0.6) is 0 Å². The minimum absolute atomic E-state index is 0.157. The Kier molecular flexibility index (Phi) is 4.71. The molecule has 110 valence electrons. The molecule has 0 aliphatic carbocycles. The van der Waals surface area contributed by atoms with Gasteiger partial charge in [-0.05, 0) is 36.0 Å². The molecule has 0 fully saturated rings. The number of β-amino-alcohol motifs (C(OH)–C–C–N with tert-alkyl or cyclic N) is 1. The number of hydrogen-bond donors (Lipinski definition) is 1. The van der Waals surface area contributed by atoms with Crippen LogP contribution in [0.15, 0.2) is 29.4 Å². The Morgan fingerprint density at radius 3 is 2.60 bits per heavy atom. The second kappa shape index (κ2) is 6.15. The molecule has 1 N–H and O–H groups in total. The van der Waals surface area contributed by atoms with Crippen LogP contribution < -0.4 is 0 Å². The zero-order chi connectivity index (χ0) is 14.8. The van der Waals surface area contributed by atoms with E-state index < -0.39 is 0 Å². The van der Waals surface area contributed by atoms with Gasteiger partial charge in [-0.3, -0.25) is 5.01 Å². The molecule has 1 atom stereocenters. The fraction of sp³-hybridized carbons (Fsp3) is 0.562. The number of hydrogen-bond acceptors (Lipinski definition) is 3. The molecule has 1 aliphatic heterocycles. The fourth-order valence-electron chi connectivity index (χ4n) is 2.52. The summed E-state index contributed by atoms with van der Waals surface area (Å²) in [5, 5.41) is 17.3. The van der Waals surface area contributed by atoms with Crippen LogP contribution >= 0.6 is 11.6 Å². The first-order valence-electron chi connectivity index (χ1n) is 7.16. The van der Waals surface area contributed by atoms with E-state index in [4.69, 9.17) is 16.7 Å². The summed E-state index contributed by atoms with van der Waals surface area (Å²) in [5.74, 6) is 0. The maximum absolute atomic E-state index is 9.85. The van der Waals surface area contributed by atoms with E-state index in [1.54, 1.807) is 0 Å². The first-order valence-corrected chi connectivity index (χ1v) is 7.54. The molecular formula is C16H23ClN2O. The van der Waals surface area contributed by atoms with Gasteiger partial charge in [-0.25, -0.2) is 0 Å². The van der Waals surface area contributed by atoms with Gasteiger partial charge in [0.25, 0.3) is 0 Å². The zero-order valence-electron chi connectivity index (χ0n) is 12.4. The Balaban J connectivity index is 2.23. The van der Waals surface area contributed by atoms with E-state index in [2.05, 4.69) is 13.8 Å². The third-order valence-electron chi connectivity index (χ3n) is 3.59. The van der Waals surface area contributed by atoms with Crippen molar-refractivity contribution in [1.82, 2.24) is 5.01 Å². The molecule has 20 heavy (non-hydrogen) atoms. The van der Waals surface area contributed by atoms with Gasteiger partial charge in [0.2, 0.25) is 0 Å². The number of benzene rings is 1. The molecule has 1 heterocycles. The number of hydrazone groups is 1. The first-order chi connectivity index (χ1) is 9.39. The van der Waals surface area contributed by atoms with E-state index in [-0.39, 0.29) is 11.5 Å². The van der Waals surface area contributed by atoms with Crippen LogP contribution in [-0.4, -0.2) is 35.0 Å². The van der Waals surface area contributed by atoms with Crippen molar-refractivity contribution < 1.29 is 5.11 Å². The maximum atomic E-state index is 9.85. The van der Waals surface area contributed by atoms with Crippen LogP contribution in [0.1, 0.15) is 39.2 Å². The molecule has 2 rings (SSSR count). The van der Waals surface area contributed by atoms with Gasteiger partial charge >= 0.3 is 0 Å². The lowest BCUT2D eigenvalue weighted by molar-refractivity contribution is 0.0823. The number of nitrogens with zero attached hydrogens (tertiary/aromatic N) is 2. The van der Waals surface area contributed by atoms with E-state index >= 15 is 0 Å². The molecule has 1 unspecified atom stereocenters. The van der Waals surface area contributed by atoms with Gasteiger partial charge in [-0.2, -0.15) is 5.10 Å². The lowest BCUT2D eigenvalue weighted by Crippen LogP contribution is -2.41. The molecular weight excluding hydrogens is 272 g/mol. The van der Waals surface area contributed by atoms with Gasteiger partial charge in [0.05, 0.1) is 18.4 Å². The average molecular weight is 295 g/mol. The standard InChI is InChI=1S/C16H23ClN2O/c1-4-14(20)10-19-11-16(2,3)9-15(18-19)12-5-7-13(17)8-6-12/h5-8,14,20H,4,9-11H2,1-3H3. The molecule has 4 heteroatoms. The third kappa shape index (κ3) is 3.97. The molecule has 0 amide bonds. The summed E-state index contributed by atoms with van der Waals surface area (Å²) in [5.41, 5.74) is 2.34. The molecule has 0 bridgehead atoms. The van der Waals surface area contributed by atoms with E-state index in [0.717, 1.165) is 35.7 Å². The van der Waals surface area contributed by atoms with Gasteiger partial charge in [-0.1, -0.05) is 44.5 Å². The molecule has 0 saturated carbocycles. The summed E-state index contributed by atoms with van der Waals surface area (Å²) in [6, 6.07) is 7.81. The maximum Gasteiger partial charge on any atom is 0.0729 e. The van der Waals surface area contributed by atoms with Crippen molar-refractivity contribution in [3.8, 4) is 0 Å². The van der Waals surface area contributed by atoms with Crippen molar-refractivity contribution in [3.63, 3.8) is 0 Å². The van der Waals surface area contributed by atoms with Crippen LogP contribution in [0.4, 0.5) is 0 Å². The predicted octanol–water partition coefficient (Wildman–Crippen LogP) is 3.55. The summed E-state index contributed by atoms with van der Waals surface area (Å²) in [4.78, 5) is 0. The van der Waals surface area contributed by atoms with Crippen molar-refractivity contribution in [2.75, 3.05) is 13.1 Å². The topological polar surface area (TPSA) is 35.8 Å². The lowest BCUT2D eigenvalue weighted by atomic mass is 9.83. The Bertz CT molecular complexity index is 482. The molecule has 0 spiro atoms. The molecule has 3 nitrogen and oxygen atoms in total. The number of aliphatic hydroxyl groups excluding tert-OH is 1. The van der Waals surface area contributed by atoms with Crippen LogP contribution in [0.25, 0.3) is 0 Å². The molecule has 0 aromatic heterocycles. The molecule has 0 saturated heterocycles. The largest absolute Gasteiger partial charge is 0.391 e. The zero-order valence-corrected chi connectivity index (χ0v) is 13.2. The summed E-state index contributed by atoms with van der Waals surface area (Å²) < 4.78 is 0. The molecule has 1 aliphatic rings. The summed E-state index contributed by atoms with van der Waals surface area (Å²) in [6.07, 6.45) is 1.37. The quantitative estimate of drug-likeness (QED) is 0.922. The minimum Gasteiger partial charge on any atom is -0.391 e. The van der Waals surface area contributed by atoms with E-state index in [9.17, 15) is 5.11 Å². The van der Waals surface area contributed by atoms with E-state index in [1.165, 1.54) is 0 Å². The van der Waals surface area contributed by atoms with Gasteiger partial charge in [0, 0.05) is 11.6 Å². The normalized spacial score (nSPS) is 19.6. The van der Waals surface area contributed by atoms with Gasteiger partial charge in [-0.15, -0.1) is 0 Å². The monoisotopic (exact) mass is 294 g/mol. The Labute approximate surface area is 126 Å². The second-order valence-corrected chi connectivity index (χ2v) is 6.74. The Hall–Kier alpha value is -1.06. The number of halogens is 1. The van der Waals surface area contributed by atoms with Crippen molar-refractivity contribution in [2.24, 2.45) is 10.5 Å². The average Bonchev–Trinajstić information content (AvgIpc) is 2.37. The van der Waals surface area contributed by atoms with E-state index in [0.29, 0.717) is 6.54 Å². The highest BCUT2D eigenvalue weighted by molar-refractivity contribution is 6.30. The van der Waals surface area contributed by atoms with Crippen LogP contribution in [0.3, 0.4) is 0 Å². The second-order valence-electron chi connectivity index (χ2n) is 6.30. The van der Waals surface area contributed by atoms with Crippen molar-refractivity contribution in [3.05, 3.63) is 34.9 Å². The number of aliphatic hydroxyl groups is 1. The van der Waals surface area contributed by atoms with Gasteiger partial charge in [0.15, 0.2) is 0 Å². The smallest absolute Gasteiger partial charge is 0.0729 e. The van der Waals surface area contributed by atoms with Crippen LogP contribution in [-0.2, 0) is 0 Å². The van der Waals surface area contributed by atoms with Crippen molar-refractivity contribution >= 4 is 17.3 Å². The summed E-state index contributed by atoms with van der Waals surface area (Å²) >= 11 is 5.94. The highest BCUT2D eigenvalue weighted by atomic mass is 35.5. The Morgan fingerprint density at radius 2 is 2.00 bits per heavy atom.